The van der Waals surface area contributed by atoms with Crippen molar-refractivity contribution in [1.29, 1.82) is 0 Å². The molecule has 1 amide bonds. The van der Waals surface area contributed by atoms with Crippen LogP contribution in [0.1, 0.15) is 108 Å². The highest BCUT2D eigenvalue weighted by molar-refractivity contribution is 7.09. The van der Waals surface area contributed by atoms with Gasteiger partial charge in [0.15, 0.2) is 17.6 Å². The number of rotatable bonds is 15. The standard InChI is InChI=1S/C29H47N3O6S/c1-8-13-32(28(35)21(19(5)9-2)15-25(34)23-12-10-11-14-31(23)7)24(18(3)4)16-26(38-20(6)33)27-30-22(17-39-27)29(36)37/h17-19,21,23-24,26H,8-16H2,1-7H3,(H,36,37)/t19-,21-,23+,24+,26+/m0/s1. The Balaban J connectivity index is 2.38. The molecule has 0 unspecified atom stereocenters. The number of aromatic nitrogens is 1. The van der Waals surface area contributed by atoms with Crippen LogP contribution in [0.5, 0.6) is 0 Å². The van der Waals surface area contributed by atoms with Crippen LogP contribution in [0.25, 0.3) is 0 Å². The third kappa shape index (κ3) is 9.10. The Kier molecular flexibility index (Phi) is 13.0. The first-order valence-corrected chi connectivity index (χ1v) is 15.2. The summed E-state index contributed by atoms with van der Waals surface area (Å²) >= 11 is 1.13. The number of ketones is 1. The number of carbonyl (C=O) groups excluding carboxylic acids is 3. The molecule has 0 aromatic carbocycles. The largest absolute Gasteiger partial charge is 0.476 e. The number of carbonyl (C=O) groups is 4. The molecular weight excluding hydrogens is 518 g/mol. The summed E-state index contributed by atoms with van der Waals surface area (Å²) in [6, 6.07) is -0.432. The lowest BCUT2D eigenvalue weighted by atomic mass is 9.82. The number of thiazole rings is 1. The van der Waals surface area contributed by atoms with E-state index in [4.69, 9.17) is 4.74 Å². The van der Waals surface area contributed by atoms with Gasteiger partial charge in [0.2, 0.25) is 5.91 Å². The number of Topliss-reactive ketones (excluding diaryl/α,β-unsaturated/α-hetero) is 1. The van der Waals surface area contributed by atoms with E-state index in [0.717, 1.165) is 50.0 Å². The summed E-state index contributed by atoms with van der Waals surface area (Å²) in [5.41, 5.74) is -0.0993. The predicted molar refractivity (Wildman–Crippen MR) is 152 cm³/mol. The molecule has 1 saturated heterocycles. The maximum atomic E-state index is 14.3. The Bertz CT molecular complexity index is 980. The summed E-state index contributed by atoms with van der Waals surface area (Å²) in [5, 5.41) is 11.2. The average Bonchev–Trinajstić information content (AvgIpc) is 3.38. The normalized spacial score (nSPS) is 19.2. The molecule has 1 fully saturated rings. The third-order valence-electron chi connectivity index (χ3n) is 7.91. The fraction of sp³-hybridized carbons (Fsp3) is 0.759. The zero-order chi connectivity index (χ0) is 29.3. The monoisotopic (exact) mass is 565 g/mol. The van der Waals surface area contributed by atoms with Crippen molar-refractivity contribution < 1.29 is 29.0 Å². The smallest absolute Gasteiger partial charge is 0.355 e. The number of esters is 1. The lowest BCUT2D eigenvalue weighted by molar-refractivity contribution is -0.150. The summed E-state index contributed by atoms with van der Waals surface area (Å²) in [6.45, 7) is 12.9. The van der Waals surface area contributed by atoms with E-state index in [2.05, 4.69) is 9.88 Å². The highest BCUT2D eigenvalue weighted by Crippen LogP contribution is 2.33. The zero-order valence-corrected chi connectivity index (χ0v) is 25.5. The van der Waals surface area contributed by atoms with E-state index >= 15 is 0 Å². The molecule has 1 N–H and O–H groups in total. The molecule has 10 heteroatoms. The first-order chi connectivity index (χ1) is 18.4. The number of likely N-dealkylation sites (tertiary alicyclic amines) is 1. The van der Waals surface area contributed by atoms with Crippen molar-refractivity contribution in [1.82, 2.24) is 14.8 Å². The molecule has 0 spiro atoms. The molecule has 2 heterocycles. The number of carboxylic acids is 1. The molecule has 1 aromatic heterocycles. The van der Waals surface area contributed by atoms with E-state index in [1.165, 1.54) is 12.3 Å². The number of likely N-dealkylation sites (N-methyl/N-ethyl adjacent to an activating group) is 1. The van der Waals surface area contributed by atoms with Gasteiger partial charge in [0, 0.05) is 43.6 Å². The van der Waals surface area contributed by atoms with E-state index in [1.54, 1.807) is 0 Å². The van der Waals surface area contributed by atoms with Crippen LogP contribution < -0.4 is 0 Å². The van der Waals surface area contributed by atoms with Gasteiger partial charge >= 0.3 is 11.9 Å². The van der Waals surface area contributed by atoms with E-state index in [0.29, 0.717) is 18.0 Å². The Morgan fingerprint density at radius 1 is 1.21 bits per heavy atom. The summed E-state index contributed by atoms with van der Waals surface area (Å²) in [7, 11) is 1.99. The third-order valence-corrected chi connectivity index (χ3v) is 8.85. The van der Waals surface area contributed by atoms with Crippen LogP contribution in [-0.2, 0) is 19.1 Å². The second-order valence-corrected chi connectivity index (χ2v) is 12.1. The number of piperidine rings is 1. The summed E-state index contributed by atoms with van der Waals surface area (Å²) in [5.74, 6) is -1.93. The van der Waals surface area contributed by atoms with Crippen LogP contribution in [0.15, 0.2) is 5.38 Å². The maximum Gasteiger partial charge on any atom is 0.355 e. The number of amides is 1. The van der Waals surface area contributed by atoms with Gasteiger partial charge in [0.25, 0.3) is 0 Å². The first-order valence-electron chi connectivity index (χ1n) is 14.3. The molecule has 2 rings (SSSR count). The summed E-state index contributed by atoms with van der Waals surface area (Å²) in [4.78, 5) is 59.3. The van der Waals surface area contributed by atoms with E-state index in [9.17, 15) is 24.3 Å². The van der Waals surface area contributed by atoms with Gasteiger partial charge in [0.05, 0.1) is 6.04 Å². The highest BCUT2D eigenvalue weighted by atomic mass is 32.1. The summed E-state index contributed by atoms with van der Waals surface area (Å²) < 4.78 is 5.62. The van der Waals surface area contributed by atoms with Crippen LogP contribution in [0.3, 0.4) is 0 Å². The minimum Gasteiger partial charge on any atom is -0.476 e. The molecule has 1 aliphatic rings. The molecule has 9 nitrogen and oxygen atoms in total. The zero-order valence-electron chi connectivity index (χ0n) is 24.6. The lowest BCUT2D eigenvalue weighted by Crippen LogP contribution is -2.50. The molecule has 5 atom stereocenters. The van der Waals surface area contributed by atoms with Crippen LogP contribution in [-0.4, -0.2) is 75.7 Å². The number of ether oxygens (including phenoxy) is 1. The van der Waals surface area contributed by atoms with Crippen molar-refractivity contribution in [2.75, 3.05) is 20.1 Å². The maximum absolute atomic E-state index is 14.3. The lowest BCUT2D eigenvalue weighted by Gasteiger charge is -2.39. The van der Waals surface area contributed by atoms with Crippen molar-refractivity contribution >= 4 is 35.0 Å². The van der Waals surface area contributed by atoms with Gasteiger partial charge in [-0.25, -0.2) is 9.78 Å². The minimum absolute atomic E-state index is 0.0234. The second-order valence-electron chi connectivity index (χ2n) is 11.2. The van der Waals surface area contributed by atoms with Gasteiger partial charge in [0.1, 0.15) is 5.01 Å². The number of hydrogen-bond donors (Lipinski definition) is 1. The van der Waals surface area contributed by atoms with Crippen molar-refractivity contribution in [2.24, 2.45) is 17.8 Å². The predicted octanol–water partition coefficient (Wildman–Crippen LogP) is 5.20. The van der Waals surface area contributed by atoms with Gasteiger partial charge in [-0.1, -0.05) is 47.5 Å². The van der Waals surface area contributed by atoms with Crippen molar-refractivity contribution in [3.8, 4) is 0 Å². The minimum atomic E-state index is -1.15. The van der Waals surface area contributed by atoms with Crippen molar-refractivity contribution in [3.63, 3.8) is 0 Å². The van der Waals surface area contributed by atoms with E-state index in [-0.39, 0.29) is 47.7 Å². The van der Waals surface area contributed by atoms with E-state index in [1.807, 2.05) is 46.6 Å². The topological polar surface area (TPSA) is 117 Å². The van der Waals surface area contributed by atoms with Gasteiger partial charge in [-0.05, 0) is 44.7 Å². The number of aromatic carboxylic acids is 1. The Morgan fingerprint density at radius 2 is 1.90 bits per heavy atom. The second kappa shape index (κ2) is 15.5. The van der Waals surface area contributed by atoms with Gasteiger partial charge in [-0.15, -0.1) is 11.3 Å². The average molecular weight is 566 g/mol. The molecule has 0 radical (unpaired) electrons. The molecule has 39 heavy (non-hydrogen) atoms. The van der Waals surface area contributed by atoms with Crippen LogP contribution in [0.4, 0.5) is 0 Å². The molecule has 1 aliphatic heterocycles. The molecular formula is C29H47N3O6S. The molecule has 1 aromatic rings. The number of nitrogens with zero attached hydrogens (tertiary/aromatic N) is 3. The van der Waals surface area contributed by atoms with Gasteiger partial charge < -0.3 is 14.7 Å². The van der Waals surface area contributed by atoms with Crippen LogP contribution in [0.2, 0.25) is 0 Å². The van der Waals surface area contributed by atoms with Gasteiger partial charge in [-0.3, -0.25) is 19.3 Å². The first kappa shape index (κ1) is 32.9. The Morgan fingerprint density at radius 3 is 2.41 bits per heavy atom. The number of carboxylic acid groups (broad SMARTS) is 1. The molecule has 0 aliphatic carbocycles. The molecule has 220 valence electrons. The molecule has 0 saturated carbocycles. The quantitative estimate of drug-likeness (QED) is 0.288. The van der Waals surface area contributed by atoms with E-state index < -0.39 is 24.0 Å². The highest BCUT2D eigenvalue weighted by Gasteiger charge is 2.38. The Hall–Kier alpha value is -2.33. The fourth-order valence-electron chi connectivity index (χ4n) is 5.46. The SMILES string of the molecule is CCCN(C(=O)[C@@H](CC(=O)[C@H]1CCCCN1C)[C@@H](C)CC)[C@H](C[C@@H](OC(C)=O)c1nc(C(=O)O)cs1)C(C)C. The van der Waals surface area contributed by atoms with Gasteiger partial charge in [-0.2, -0.15) is 0 Å². The Labute approximate surface area is 237 Å². The van der Waals surface area contributed by atoms with Crippen LogP contribution >= 0.6 is 11.3 Å². The van der Waals surface area contributed by atoms with Crippen LogP contribution in [0, 0.1) is 17.8 Å². The van der Waals surface area contributed by atoms with Crippen molar-refractivity contribution in [3.05, 3.63) is 16.1 Å². The number of hydrogen-bond acceptors (Lipinski definition) is 8. The van der Waals surface area contributed by atoms with Crippen molar-refractivity contribution in [2.45, 2.75) is 105 Å². The fourth-order valence-corrected chi connectivity index (χ4v) is 6.29. The molecule has 0 bridgehead atoms. The summed E-state index contributed by atoms with van der Waals surface area (Å²) in [6.07, 6.45) is 4.20.